The molecule has 0 heterocycles. The van der Waals surface area contributed by atoms with E-state index in [9.17, 15) is 0 Å². The lowest BCUT2D eigenvalue weighted by molar-refractivity contribution is 0.192. The number of nitrogens with zero attached hydrogens (tertiary/aromatic N) is 1. The second kappa shape index (κ2) is 6.95. The Morgan fingerprint density at radius 1 is 0.700 bits per heavy atom. The molecule has 10 heavy (non-hydrogen) atoms. The standard InChI is InChI=1S/C6H15NO3/c8-4-1-7(2-5-9)3-6-10/h8-10H,1-6H2/q+1. The minimum atomic E-state index is 0.0694. The maximum atomic E-state index is 8.48. The molecule has 0 aromatic rings. The lowest BCUT2D eigenvalue weighted by Crippen LogP contribution is -2.38. The summed E-state index contributed by atoms with van der Waals surface area (Å²) in [5.41, 5.74) is 0. The summed E-state index contributed by atoms with van der Waals surface area (Å²) in [4.78, 5) is 1.79. The Balaban J connectivity index is 3.30. The SMILES string of the molecule is OCC[N+](CCO)CCO. The van der Waals surface area contributed by atoms with E-state index in [-0.39, 0.29) is 19.8 Å². The van der Waals surface area contributed by atoms with Gasteiger partial charge in [0.1, 0.15) is 19.6 Å². The van der Waals surface area contributed by atoms with Crippen molar-refractivity contribution in [2.24, 2.45) is 0 Å². The van der Waals surface area contributed by atoms with Crippen LogP contribution in [0.15, 0.2) is 0 Å². The van der Waals surface area contributed by atoms with Gasteiger partial charge in [0.25, 0.3) is 0 Å². The fourth-order valence-corrected chi connectivity index (χ4v) is 0.760. The quantitative estimate of drug-likeness (QED) is 0.387. The van der Waals surface area contributed by atoms with E-state index in [4.69, 9.17) is 15.3 Å². The number of aliphatic hydroxyl groups excluding tert-OH is 3. The topological polar surface area (TPSA) is 66.6 Å². The predicted octanol–water partition coefficient (Wildman–Crippen LogP) is -1.90. The van der Waals surface area contributed by atoms with Crippen LogP contribution in [0.4, 0.5) is 0 Å². The lowest BCUT2D eigenvalue weighted by Gasteiger charge is -2.07. The smallest absolute Gasteiger partial charge is 0.146 e. The van der Waals surface area contributed by atoms with Crippen molar-refractivity contribution in [2.75, 3.05) is 39.5 Å². The second-order valence-corrected chi connectivity index (χ2v) is 2.01. The van der Waals surface area contributed by atoms with Gasteiger partial charge in [0.2, 0.25) is 0 Å². The van der Waals surface area contributed by atoms with Gasteiger partial charge in [0.15, 0.2) is 0 Å². The van der Waals surface area contributed by atoms with Crippen LogP contribution >= 0.6 is 0 Å². The van der Waals surface area contributed by atoms with Crippen LogP contribution in [0.3, 0.4) is 0 Å². The first-order chi connectivity index (χ1) is 4.85. The van der Waals surface area contributed by atoms with Gasteiger partial charge in [-0.1, -0.05) is 0 Å². The third-order valence-corrected chi connectivity index (χ3v) is 1.25. The van der Waals surface area contributed by atoms with Crippen LogP contribution in [-0.2, 0) is 0 Å². The highest BCUT2D eigenvalue weighted by atomic mass is 16.3. The highest BCUT2D eigenvalue weighted by molar-refractivity contribution is 4.61. The van der Waals surface area contributed by atoms with Crippen molar-refractivity contribution >= 4 is 0 Å². The Kier molecular flexibility index (Phi) is 6.84. The summed E-state index contributed by atoms with van der Waals surface area (Å²) in [6, 6.07) is 0. The van der Waals surface area contributed by atoms with Crippen LogP contribution in [0.2, 0.25) is 0 Å². The third kappa shape index (κ3) is 4.69. The number of hydrogen-bond donors (Lipinski definition) is 3. The molecule has 0 aromatic heterocycles. The normalized spacial score (nSPS) is 10.8. The molecule has 3 N–H and O–H groups in total. The van der Waals surface area contributed by atoms with E-state index in [1.54, 1.807) is 4.90 Å². The van der Waals surface area contributed by atoms with Crippen LogP contribution in [0, 0.1) is 0 Å². The van der Waals surface area contributed by atoms with Gasteiger partial charge in [0, 0.05) is 0 Å². The van der Waals surface area contributed by atoms with E-state index in [0.717, 1.165) is 0 Å². The van der Waals surface area contributed by atoms with Crippen LogP contribution in [0.5, 0.6) is 0 Å². The predicted molar refractivity (Wildman–Crippen MR) is 38.0 cm³/mol. The van der Waals surface area contributed by atoms with Gasteiger partial charge in [-0.2, -0.15) is 4.90 Å². The van der Waals surface area contributed by atoms with E-state index in [0.29, 0.717) is 19.6 Å². The first-order valence-corrected chi connectivity index (χ1v) is 3.40. The molecule has 0 spiro atoms. The molecule has 0 amide bonds. The average molecular weight is 149 g/mol. The van der Waals surface area contributed by atoms with Crippen molar-refractivity contribution in [3.63, 3.8) is 0 Å². The van der Waals surface area contributed by atoms with Crippen molar-refractivity contribution in [3.05, 3.63) is 0 Å². The van der Waals surface area contributed by atoms with Crippen molar-refractivity contribution in [2.45, 2.75) is 0 Å². The Morgan fingerprint density at radius 3 is 1.20 bits per heavy atom. The number of rotatable bonds is 6. The molecule has 0 rings (SSSR count). The Labute approximate surface area is 60.7 Å². The van der Waals surface area contributed by atoms with Gasteiger partial charge in [-0.05, 0) is 0 Å². The Bertz CT molecular complexity index is 55.7. The summed E-state index contributed by atoms with van der Waals surface area (Å²) >= 11 is 0. The summed E-state index contributed by atoms with van der Waals surface area (Å²) in [5.74, 6) is 0. The first kappa shape index (κ1) is 9.84. The van der Waals surface area contributed by atoms with Gasteiger partial charge in [-0.15, -0.1) is 0 Å². The molecule has 0 aliphatic heterocycles. The van der Waals surface area contributed by atoms with E-state index < -0.39 is 0 Å². The molecule has 0 fully saturated rings. The summed E-state index contributed by atoms with van der Waals surface area (Å²) in [7, 11) is 0. The third-order valence-electron chi connectivity index (χ3n) is 1.25. The first-order valence-electron chi connectivity index (χ1n) is 3.40. The van der Waals surface area contributed by atoms with E-state index >= 15 is 0 Å². The zero-order chi connectivity index (χ0) is 7.82. The van der Waals surface area contributed by atoms with E-state index in [1.165, 1.54) is 0 Å². The molecule has 4 heteroatoms. The van der Waals surface area contributed by atoms with Crippen molar-refractivity contribution in [3.8, 4) is 0 Å². The molecule has 0 unspecified atom stereocenters. The van der Waals surface area contributed by atoms with Crippen LogP contribution in [-0.4, -0.2) is 54.8 Å². The molecule has 0 aromatic carbocycles. The van der Waals surface area contributed by atoms with Gasteiger partial charge < -0.3 is 15.3 Å². The molecule has 61 valence electrons. The van der Waals surface area contributed by atoms with Crippen LogP contribution < -0.4 is 4.90 Å². The van der Waals surface area contributed by atoms with Crippen molar-refractivity contribution in [1.29, 1.82) is 0 Å². The minimum Gasteiger partial charge on any atom is -0.390 e. The van der Waals surface area contributed by atoms with Crippen LogP contribution in [0.25, 0.3) is 0 Å². The van der Waals surface area contributed by atoms with Crippen molar-refractivity contribution in [1.82, 2.24) is 4.90 Å². The zero-order valence-electron chi connectivity index (χ0n) is 6.03. The maximum Gasteiger partial charge on any atom is 0.146 e. The summed E-state index contributed by atoms with van der Waals surface area (Å²) in [5, 5.41) is 25.5. The fourth-order valence-electron chi connectivity index (χ4n) is 0.760. The lowest BCUT2D eigenvalue weighted by atomic mass is 10.4. The molecule has 0 saturated carbocycles. The molecule has 1 radical (unpaired) electrons. The maximum absolute atomic E-state index is 8.48. The van der Waals surface area contributed by atoms with Gasteiger partial charge in [-0.25, -0.2) is 0 Å². The molecule has 0 aliphatic carbocycles. The summed E-state index contributed by atoms with van der Waals surface area (Å²) in [6.07, 6.45) is 0. The molecule has 4 nitrogen and oxygen atoms in total. The number of aliphatic hydroxyl groups is 3. The fraction of sp³-hybridized carbons (Fsp3) is 1.00. The second-order valence-electron chi connectivity index (χ2n) is 2.01. The number of hydrogen-bond acceptors (Lipinski definition) is 4. The van der Waals surface area contributed by atoms with Gasteiger partial charge in [-0.3, -0.25) is 0 Å². The molecular formula is C6H15NO3+. The Morgan fingerprint density at radius 2 is 1.00 bits per heavy atom. The van der Waals surface area contributed by atoms with E-state index in [1.807, 2.05) is 0 Å². The van der Waals surface area contributed by atoms with Gasteiger partial charge in [0.05, 0.1) is 19.8 Å². The van der Waals surface area contributed by atoms with Crippen LogP contribution in [0.1, 0.15) is 0 Å². The zero-order valence-corrected chi connectivity index (χ0v) is 6.03. The van der Waals surface area contributed by atoms with Gasteiger partial charge >= 0.3 is 0 Å². The highest BCUT2D eigenvalue weighted by Gasteiger charge is 2.10. The largest absolute Gasteiger partial charge is 0.390 e. The minimum absolute atomic E-state index is 0.0694. The molecule has 0 atom stereocenters. The van der Waals surface area contributed by atoms with E-state index in [2.05, 4.69) is 0 Å². The molecule has 0 saturated heterocycles. The Hall–Kier alpha value is -0.160. The summed E-state index contributed by atoms with van der Waals surface area (Å²) in [6.45, 7) is 1.75. The summed E-state index contributed by atoms with van der Waals surface area (Å²) < 4.78 is 0. The molecule has 0 bridgehead atoms. The monoisotopic (exact) mass is 149 g/mol. The molecule has 0 aliphatic rings. The average Bonchev–Trinajstić information content (AvgIpc) is 1.90. The van der Waals surface area contributed by atoms with Crippen molar-refractivity contribution < 1.29 is 15.3 Å². The highest BCUT2D eigenvalue weighted by Crippen LogP contribution is 1.79. The molecular weight excluding hydrogens is 134 g/mol.